The van der Waals surface area contributed by atoms with E-state index in [-0.39, 0.29) is 18.4 Å². The van der Waals surface area contributed by atoms with Crippen molar-refractivity contribution in [2.75, 3.05) is 0 Å². The van der Waals surface area contributed by atoms with E-state index >= 15 is 0 Å². The molecular weight excluding hydrogens is 267 g/mol. The van der Waals surface area contributed by atoms with Crippen LogP contribution in [0.3, 0.4) is 0 Å². The van der Waals surface area contributed by atoms with Gasteiger partial charge in [-0.2, -0.15) is 18.4 Å². The molecule has 1 fully saturated rings. The number of nitriles is 1. The van der Waals surface area contributed by atoms with Gasteiger partial charge in [-0.05, 0) is 25.0 Å². The van der Waals surface area contributed by atoms with Gasteiger partial charge in [0, 0.05) is 12.1 Å². The molecule has 0 saturated heterocycles. The van der Waals surface area contributed by atoms with Crippen molar-refractivity contribution in [3.63, 3.8) is 0 Å². The second kappa shape index (κ2) is 4.46. The Morgan fingerprint density at radius 3 is 2.11 bits per heavy atom. The van der Waals surface area contributed by atoms with Gasteiger partial charge in [0.05, 0.1) is 11.6 Å². The number of hydrogen-bond donors (Lipinski definition) is 1. The lowest BCUT2D eigenvalue weighted by Crippen LogP contribution is -2.44. The van der Waals surface area contributed by atoms with Crippen molar-refractivity contribution in [2.45, 2.75) is 31.1 Å². The summed E-state index contributed by atoms with van der Waals surface area (Å²) < 4.78 is 64.8. The molecule has 0 radical (unpaired) electrons. The van der Waals surface area contributed by atoms with Gasteiger partial charge in [-0.1, -0.05) is 0 Å². The number of rotatable bonds is 3. The van der Waals surface area contributed by atoms with Crippen LogP contribution in [0, 0.1) is 23.0 Å². The molecule has 19 heavy (non-hydrogen) atoms. The number of nitrogens with zero attached hydrogens (tertiary/aromatic N) is 1. The molecule has 7 heteroatoms. The molecule has 0 bridgehead atoms. The van der Waals surface area contributed by atoms with Gasteiger partial charge in [0.15, 0.2) is 0 Å². The van der Waals surface area contributed by atoms with Crippen LogP contribution in [0.1, 0.15) is 24.0 Å². The maximum Gasteiger partial charge on any atom is 0.406 e. The van der Waals surface area contributed by atoms with Crippen molar-refractivity contribution in [1.29, 1.82) is 5.26 Å². The molecule has 1 aromatic carbocycles. The van der Waals surface area contributed by atoms with Gasteiger partial charge < -0.3 is 0 Å². The predicted molar refractivity (Wildman–Crippen MR) is 55.9 cm³/mol. The molecule has 0 amide bonds. The molecule has 1 aliphatic rings. The Kier molecular flexibility index (Phi) is 3.22. The zero-order chi connectivity index (χ0) is 14.3. The van der Waals surface area contributed by atoms with E-state index in [0.717, 1.165) is 12.1 Å². The van der Waals surface area contributed by atoms with Gasteiger partial charge in [0.25, 0.3) is 0 Å². The minimum atomic E-state index is -4.44. The molecule has 1 aliphatic carbocycles. The topological polar surface area (TPSA) is 35.8 Å². The highest BCUT2D eigenvalue weighted by atomic mass is 19.4. The summed E-state index contributed by atoms with van der Waals surface area (Å²) in [6.07, 6.45) is -4.64. The summed E-state index contributed by atoms with van der Waals surface area (Å²) in [5, 5.41) is 10.7. The number of benzene rings is 1. The van der Waals surface area contributed by atoms with Crippen LogP contribution < -0.4 is 5.32 Å². The zero-order valence-electron chi connectivity index (χ0n) is 9.61. The third kappa shape index (κ3) is 2.54. The Balaban J connectivity index is 2.16. The number of hydrogen-bond acceptors (Lipinski definition) is 2. The van der Waals surface area contributed by atoms with E-state index < -0.39 is 35.5 Å². The van der Waals surface area contributed by atoms with E-state index in [9.17, 15) is 22.0 Å². The number of nitrogens with one attached hydrogen (secondary N) is 1. The molecule has 0 aromatic heterocycles. The molecule has 1 aromatic rings. The minimum Gasteiger partial charge on any atom is -0.299 e. The van der Waals surface area contributed by atoms with Gasteiger partial charge in [-0.15, -0.1) is 0 Å². The minimum absolute atomic E-state index is 0.101. The van der Waals surface area contributed by atoms with Crippen molar-refractivity contribution in [3.05, 3.63) is 34.9 Å². The third-order valence-corrected chi connectivity index (χ3v) is 3.17. The summed E-state index contributed by atoms with van der Waals surface area (Å²) in [4.78, 5) is 0. The molecule has 1 N–H and O–H groups in total. The first-order chi connectivity index (χ1) is 8.79. The fraction of sp³-hybridized carbons (Fsp3) is 0.417. The van der Waals surface area contributed by atoms with E-state index in [1.807, 2.05) is 0 Å². The monoisotopic (exact) mass is 276 g/mol. The van der Waals surface area contributed by atoms with E-state index in [1.54, 1.807) is 6.07 Å². The van der Waals surface area contributed by atoms with E-state index in [4.69, 9.17) is 5.26 Å². The average molecular weight is 276 g/mol. The summed E-state index contributed by atoms with van der Waals surface area (Å²) >= 11 is 0. The lowest BCUT2D eigenvalue weighted by atomic mass is 10.1. The first-order valence-electron chi connectivity index (χ1n) is 5.49. The summed E-state index contributed by atoms with van der Waals surface area (Å²) in [5.74, 6) is -2.05. The molecule has 2 rings (SSSR count). The molecule has 0 aliphatic heterocycles. The second-order valence-corrected chi connectivity index (χ2v) is 4.46. The van der Waals surface area contributed by atoms with E-state index in [0.29, 0.717) is 0 Å². The fourth-order valence-electron chi connectivity index (χ4n) is 1.78. The zero-order valence-corrected chi connectivity index (χ0v) is 9.61. The highest BCUT2D eigenvalue weighted by Gasteiger charge is 2.63. The van der Waals surface area contributed by atoms with E-state index in [1.165, 1.54) is 0 Å². The lowest BCUT2D eigenvalue weighted by molar-refractivity contribution is -0.166. The van der Waals surface area contributed by atoms with Crippen LogP contribution in [0.15, 0.2) is 12.1 Å². The Labute approximate surface area is 105 Å². The number of halogens is 5. The Morgan fingerprint density at radius 2 is 1.74 bits per heavy atom. The largest absolute Gasteiger partial charge is 0.406 e. The van der Waals surface area contributed by atoms with Crippen LogP contribution in [-0.2, 0) is 6.54 Å². The van der Waals surface area contributed by atoms with Crippen LogP contribution in [0.25, 0.3) is 0 Å². The number of alkyl halides is 3. The molecular formula is C12H9F5N2. The quantitative estimate of drug-likeness (QED) is 0.861. The Bertz CT molecular complexity index is 517. The van der Waals surface area contributed by atoms with Gasteiger partial charge in [-0.3, -0.25) is 5.32 Å². The van der Waals surface area contributed by atoms with Crippen LogP contribution >= 0.6 is 0 Å². The summed E-state index contributed by atoms with van der Waals surface area (Å²) in [7, 11) is 0. The van der Waals surface area contributed by atoms with Crippen LogP contribution in [0.4, 0.5) is 22.0 Å². The molecule has 1 saturated carbocycles. The molecule has 0 atom stereocenters. The highest BCUT2D eigenvalue weighted by molar-refractivity contribution is 5.34. The van der Waals surface area contributed by atoms with Crippen molar-refractivity contribution in [2.24, 2.45) is 0 Å². The lowest BCUT2D eigenvalue weighted by Gasteiger charge is -2.21. The maximum absolute atomic E-state index is 13.5. The highest BCUT2D eigenvalue weighted by Crippen LogP contribution is 2.49. The first kappa shape index (κ1) is 13.7. The molecule has 0 heterocycles. The van der Waals surface area contributed by atoms with Crippen molar-refractivity contribution in [1.82, 2.24) is 5.32 Å². The smallest absolute Gasteiger partial charge is 0.299 e. The van der Waals surface area contributed by atoms with Gasteiger partial charge in [0.2, 0.25) is 0 Å². The standard InChI is InChI=1S/C12H9F5N2/c13-9-3-7(5-18)4-10(14)8(9)6-19-11(1-2-11)12(15,16)17/h3-4,19H,1-2,6H2. The molecule has 0 unspecified atom stereocenters. The van der Waals surface area contributed by atoms with Crippen LogP contribution in [0.2, 0.25) is 0 Å². The Hall–Kier alpha value is -1.68. The maximum atomic E-state index is 13.5. The molecule has 2 nitrogen and oxygen atoms in total. The summed E-state index contributed by atoms with van der Waals surface area (Å²) in [5.41, 5.74) is -2.73. The van der Waals surface area contributed by atoms with Gasteiger partial charge in [-0.25, -0.2) is 8.78 Å². The average Bonchev–Trinajstić information content (AvgIpc) is 3.08. The van der Waals surface area contributed by atoms with Crippen molar-refractivity contribution in [3.8, 4) is 6.07 Å². The summed E-state index contributed by atoms with van der Waals surface area (Å²) in [6.45, 7) is -0.567. The van der Waals surface area contributed by atoms with E-state index in [2.05, 4.69) is 5.32 Å². The van der Waals surface area contributed by atoms with Crippen molar-refractivity contribution >= 4 is 0 Å². The SMILES string of the molecule is N#Cc1cc(F)c(CNC2(C(F)(F)F)CC2)c(F)c1. The second-order valence-electron chi connectivity index (χ2n) is 4.46. The van der Waals surface area contributed by atoms with Gasteiger partial charge in [0.1, 0.15) is 17.2 Å². The first-order valence-corrected chi connectivity index (χ1v) is 5.49. The van der Waals surface area contributed by atoms with Crippen LogP contribution in [-0.4, -0.2) is 11.7 Å². The summed E-state index contributed by atoms with van der Waals surface area (Å²) in [6, 6.07) is 3.16. The molecule has 102 valence electrons. The van der Waals surface area contributed by atoms with Crippen LogP contribution in [0.5, 0.6) is 0 Å². The fourth-order valence-corrected chi connectivity index (χ4v) is 1.78. The Morgan fingerprint density at radius 1 is 1.21 bits per heavy atom. The third-order valence-electron chi connectivity index (χ3n) is 3.17. The normalized spacial score (nSPS) is 17.1. The van der Waals surface area contributed by atoms with Gasteiger partial charge >= 0.3 is 6.18 Å². The van der Waals surface area contributed by atoms with Crippen molar-refractivity contribution < 1.29 is 22.0 Å². The molecule has 0 spiro atoms. The predicted octanol–water partition coefficient (Wildman–Crippen LogP) is 3.02.